The van der Waals surface area contributed by atoms with E-state index < -0.39 is 11.9 Å². The summed E-state index contributed by atoms with van der Waals surface area (Å²) >= 11 is 0. The van der Waals surface area contributed by atoms with Crippen molar-refractivity contribution >= 4 is 11.9 Å². The highest BCUT2D eigenvalue weighted by atomic mass is 16.5. The number of ether oxygens (including phenoxy) is 2. The Morgan fingerprint density at radius 3 is 2.44 bits per heavy atom. The lowest BCUT2D eigenvalue weighted by atomic mass is 10.2. The Labute approximate surface area is 94.4 Å². The molecular formula is C11H16O5. The van der Waals surface area contributed by atoms with Gasteiger partial charge in [0.1, 0.15) is 0 Å². The van der Waals surface area contributed by atoms with Gasteiger partial charge in [0.25, 0.3) is 0 Å². The van der Waals surface area contributed by atoms with Gasteiger partial charge in [-0.3, -0.25) is 0 Å². The van der Waals surface area contributed by atoms with Crippen LogP contribution in [0.15, 0.2) is 24.8 Å². The molecule has 0 rings (SSSR count). The molecule has 90 valence electrons. The van der Waals surface area contributed by atoms with Crippen LogP contribution in [0.25, 0.3) is 0 Å². The van der Waals surface area contributed by atoms with E-state index in [9.17, 15) is 9.59 Å². The van der Waals surface area contributed by atoms with E-state index in [4.69, 9.17) is 9.84 Å². The highest BCUT2D eigenvalue weighted by molar-refractivity contribution is 5.87. The van der Waals surface area contributed by atoms with Crippen molar-refractivity contribution < 1.29 is 24.2 Å². The van der Waals surface area contributed by atoms with Crippen LogP contribution in [0.5, 0.6) is 0 Å². The second-order valence-electron chi connectivity index (χ2n) is 2.94. The van der Waals surface area contributed by atoms with Gasteiger partial charge >= 0.3 is 11.9 Å². The first-order valence-corrected chi connectivity index (χ1v) is 4.86. The van der Waals surface area contributed by atoms with Crippen LogP contribution >= 0.6 is 0 Å². The zero-order valence-electron chi connectivity index (χ0n) is 9.11. The summed E-state index contributed by atoms with van der Waals surface area (Å²) < 4.78 is 9.48. The molecule has 0 spiro atoms. The average molecular weight is 228 g/mol. The zero-order chi connectivity index (χ0) is 12.4. The normalized spacial score (nSPS) is 9.31. The molecule has 5 nitrogen and oxygen atoms in total. The molecule has 0 aromatic rings. The Morgan fingerprint density at radius 1 is 1.25 bits per heavy atom. The summed E-state index contributed by atoms with van der Waals surface area (Å²) in [4.78, 5) is 21.7. The van der Waals surface area contributed by atoms with Crippen LogP contribution in [0.1, 0.15) is 12.8 Å². The molecule has 0 aromatic heterocycles. The van der Waals surface area contributed by atoms with Crippen LogP contribution in [0.2, 0.25) is 0 Å². The third-order valence-corrected chi connectivity index (χ3v) is 1.64. The number of hydrogen-bond acceptors (Lipinski definition) is 5. The van der Waals surface area contributed by atoms with Gasteiger partial charge in [-0.05, 0) is 0 Å². The highest BCUT2D eigenvalue weighted by Crippen LogP contribution is 2.00. The van der Waals surface area contributed by atoms with Gasteiger partial charge in [-0.1, -0.05) is 13.2 Å². The first kappa shape index (κ1) is 14.4. The van der Waals surface area contributed by atoms with Gasteiger partial charge in [0.05, 0.1) is 13.2 Å². The van der Waals surface area contributed by atoms with Gasteiger partial charge < -0.3 is 14.6 Å². The molecule has 1 N–H and O–H groups in total. The van der Waals surface area contributed by atoms with Gasteiger partial charge in [0.2, 0.25) is 0 Å². The lowest BCUT2D eigenvalue weighted by Gasteiger charge is -2.06. The average Bonchev–Trinajstić information content (AvgIpc) is 2.28. The third kappa shape index (κ3) is 6.78. The van der Waals surface area contributed by atoms with Crippen LogP contribution in [-0.4, -0.2) is 36.9 Å². The predicted octanol–water partition coefficient (Wildman–Crippen LogP) is 0.587. The molecule has 0 aliphatic carbocycles. The molecule has 0 heterocycles. The van der Waals surface area contributed by atoms with Crippen molar-refractivity contribution in [2.75, 3.05) is 19.8 Å². The molecule has 0 bridgehead atoms. The molecule has 16 heavy (non-hydrogen) atoms. The van der Waals surface area contributed by atoms with E-state index in [0.717, 1.165) is 6.08 Å². The van der Waals surface area contributed by atoms with Crippen molar-refractivity contribution in [3.8, 4) is 0 Å². The topological polar surface area (TPSA) is 72.8 Å². The van der Waals surface area contributed by atoms with Gasteiger partial charge in [-0.15, -0.1) is 0 Å². The Morgan fingerprint density at radius 2 is 1.88 bits per heavy atom. The molecule has 0 unspecified atom stereocenters. The van der Waals surface area contributed by atoms with Crippen molar-refractivity contribution in [3.63, 3.8) is 0 Å². The molecule has 0 atom stereocenters. The van der Waals surface area contributed by atoms with Crippen molar-refractivity contribution in [2.45, 2.75) is 12.8 Å². The van der Waals surface area contributed by atoms with E-state index in [2.05, 4.69) is 17.9 Å². The van der Waals surface area contributed by atoms with Gasteiger partial charge in [0.15, 0.2) is 0 Å². The summed E-state index contributed by atoms with van der Waals surface area (Å²) in [6.45, 7) is 6.87. The van der Waals surface area contributed by atoms with Crippen molar-refractivity contribution in [2.24, 2.45) is 0 Å². The van der Waals surface area contributed by atoms with E-state index in [1.54, 1.807) is 0 Å². The van der Waals surface area contributed by atoms with Crippen LogP contribution in [0.4, 0.5) is 0 Å². The van der Waals surface area contributed by atoms with E-state index in [1.807, 2.05) is 0 Å². The maximum atomic E-state index is 11.1. The number of hydrogen-bond donors (Lipinski definition) is 1. The molecular weight excluding hydrogens is 212 g/mol. The minimum absolute atomic E-state index is 0.134. The number of carbonyl (C=O) groups excluding carboxylic acids is 2. The first-order valence-electron chi connectivity index (χ1n) is 4.86. The lowest BCUT2D eigenvalue weighted by Crippen LogP contribution is -2.11. The summed E-state index contributed by atoms with van der Waals surface area (Å²) in [5, 5.41) is 8.55. The Kier molecular flexibility index (Phi) is 7.79. The van der Waals surface area contributed by atoms with E-state index in [-0.39, 0.29) is 31.8 Å². The Balaban J connectivity index is 3.51. The fourth-order valence-corrected chi connectivity index (χ4v) is 0.795. The predicted molar refractivity (Wildman–Crippen MR) is 57.6 cm³/mol. The second kappa shape index (κ2) is 8.67. The van der Waals surface area contributed by atoms with Gasteiger partial charge in [-0.25, -0.2) is 9.59 Å². The molecule has 0 aliphatic heterocycles. The number of rotatable bonds is 8. The van der Waals surface area contributed by atoms with Gasteiger partial charge in [0, 0.05) is 31.1 Å². The number of aliphatic hydroxyl groups is 1. The first-order chi connectivity index (χ1) is 7.61. The Hall–Kier alpha value is -1.62. The van der Waals surface area contributed by atoms with Crippen LogP contribution in [0, 0.1) is 0 Å². The fraction of sp³-hybridized carbons (Fsp3) is 0.455. The monoisotopic (exact) mass is 228 g/mol. The largest absolute Gasteiger partial charge is 0.462 e. The number of aliphatic hydroxyl groups excluding tert-OH is 1. The molecule has 0 fully saturated rings. The standard InChI is InChI=1S/C11H16O5/c1-3-10(13)15-7-4-8-16-11(14)9(2)5-6-12/h3,12H,1-2,4-8H2. The molecule has 0 radical (unpaired) electrons. The summed E-state index contributed by atoms with van der Waals surface area (Å²) in [5.41, 5.74) is 0.227. The maximum Gasteiger partial charge on any atom is 0.333 e. The number of carbonyl (C=O) groups is 2. The summed E-state index contributed by atoms with van der Waals surface area (Å²) in [6.07, 6.45) is 1.68. The van der Waals surface area contributed by atoms with E-state index in [0.29, 0.717) is 6.42 Å². The van der Waals surface area contributed by atoms with Crippen molar-refractivity contribution in [1.82, 2.24) is 0 Å². The molecule has 0 amide bonds. The minimum atomic E-state index is -0.538. The summed E-state index contributed by atoms with van der Waals surface area (Å²) in [5.74, 6) is -1.04. The summed E-state index contributed by atoms with van der Waals surface area (Å²) in [6, 6.07) is 0. The van der Waals surface area contributed by atoms with Crippen LogP contribution in [-0.2, 0) is 19.1 Å². The second-order valence-corrected chi connectivity index (χ2v) is 2.94. The lowest BCUT2D eigenvalue weighted by molar-refractivity contribution is -0.141. The highest BCUT2D eigenvalue weighted by Gasteiger charge is 2.07. The third-order valence-electron chi connectivity index (χ3n) is 1.64. The smallest absolute Gasteiger partial charge is 0.333 e. The van der Waals surface area contributed by atoms with Crippen LogP contribution in [0.3, 0.4) is 0 Å². The quantitative estimate of drug-likeness (QED) is 0.374. The summed E-state index contributed by atoms with van der Waals surface area (Å²) in [7, 11) is 0. The van der Waals surface area contributed by atoms with E-state index >= 15 is 0 Å². The molecule has 0 aromatic carbocycles. The fourth-order valence-electron chi connectivity index (χ4n) is 0.795. The SMILES string of the molecule is C=CC(=O)OCCCOC(=O)C(=C)CCO. The zero-order valence-corrected chi connectivity index (χ0v) is 9.11. The molecule has 5 heteroatoms. The Bertz CT molecular complexity index is 270. The molecule has 0 saturated heterocycles. The maximum absolute atomic E-state index is 11.1. The van der Waals surface area contributed by atoms with Crippen molar-refractivity contribution in [1.29, 1.82) is 0 Å². The minimum Gasteiger partial charge on any atom is -0.462 e. The van der Waals surface area contributed by atoms with E-state index in [1.165, 1.54) is 0 Å². The van der Waals surface area contributed by atoms with Crippen LogP contribution < -0.4 is 0 Å². The van der Waals surface area contributed by atoms with Gasteiger partial charge in [-0.2, -0.15) is 0 Å². The molecule has 0 aliphatic rings. The molecule has 0 saturated carbocycles. The number of esters is 2. The van der Waals surface area contributed by atoms with Crippen molar-refractivity contribution in [3.05, 3.63) is 24.8 Å².